The van der Waals surface area contributed by atoms with Gasteiger partial charge in [0.05, 0.1) is 11.6 Å². The van der Waals surface area contributed by atoms with Crippen LogP contribution in [0, 0.1) is 0 Å². The number of hydrogen-bond donors (Lipinski definition) is 1. The molecule has 0 radical (unpaired) electrons. The number of aromatic nitrogens is 1. The van der Waals surface area contributed by atoms with E-state index in [9.17, 15) is 4.79 Å². The standard InChI is InChI=1S/C17H15ClN2O2/c1-11(12-4-6-19-7-5-12)20-17(21)14-8-13-9-15(18)2-3-16(13)22-10-14/h2-9,11H,10H2,1H3,(H,20,21). The molecule has 1 aliphatic rings. The van der Waals surface area contributed by atoms with Gasteiger partial charge in [-0.15, -0.1) is 0 Å². The monoisotopic (exact) mass is 314 g/mol. The molecule has 1 unspecified atom stereocenters. The first-order chi connectivity index (χ1) is 10.6. The van der Waals surface area contributed by atoms with Crippen LogP contribution in [-0.4, -0.2) is 17.5 Å². The molecule has 1 N–H and O–H groups in total. The normalized spacial score (nSPS) is 14.4. The zero-order chi connectivity index (χ0) is 15.5. The minimum absolute atomic E-state index is 0.0999. The van der Waals surface area contributed by atoms with Crippen LogP contribution in [0.5, 0.6) is 5.75 Å². The summed E-state index contributed by atoms with van der Waals surface area (Å²) in [6.07, 6.45) is 5.23. The molecule has 1 atom stereocenters. The van der Waals surface area contributed by atoms with E-state index in [0.717, 1.165) is 16.9 Å². The fourth-order valence-corrected chi connectivity index (χ4v) is 2.48. The van der Waals surface area contributed by atoms with E-state index in [4.69, 9.17) is 16.3 Å². The van der Waals surface area contributed by atoms with Crippen molar-refractivity contribution < 1.29 is 9.53 Å². The van der Waals surface area contributed by atoms with Crippen molar-refractivity contribution in [3.63, 3.8) is 0 Å². The second-order valence-electron chi connectivity index (χ2n) is 5.12. The summed E-state index contributed by atoms with van der Waals surface area (Å²) < 4.78 is 5.60. The first-order valence-corrected chi connectivity index (χ1v) is 7.35. The lowest BCUT2D eigenvalue weighted by molar-refractivity contribution is -0.118. The molecule has 2 heterocycles. The first kappa shape index (κ1) is 14.6. The molecule has 1 aromatic carbocycles. The quantitative estimate of drug-likeness (QED) is 0.944. The molecule has 0 spiro atoms. The van der Waals surface area contributed by atoms with Crippen molar-refractivity contribution in [3.05, 3.63) is 64.4 Å². The average Bonchev–Trinajstić information content (AvgIpc) is 2.54. The van der Waals surface area contributed by atoms with Crippen molar-refractivity contribution >= 4 is 23.6 Å². The number of benzene rings is 1. The average molecular weight is 315 g/mol. The number of amides is 1. The molecular weight excluding hydrogens is 300 g/mol. The van der Waals surface area contributed by atoms with Gasteiger partial charge in [-0.2, -0.15) is 0 Å². The summed E-state index contributed by atoms with van der Waals surface area (Å²) in [5, 5.41) is 3.58. The van der Waals surface area contributed by atoms with Crippen molar-refractivity contribution in [1.29, 1.82) is 0 Å². The van der Waals surface area contributed by atoms with Gasteiger partial charge in [-0.25, -0.2) is 0 Å². The summed E-state index contributed by atoms with van der Waals surface area (Å²) in [5.41, 5.74) is 2.40. The first-order valence-electron chi connectivity index (χ1n) is 6.97. The van der Waals surface area contributed by atoms with Crippen LogP contribution in [0.4, 0.5) is 0 Å². The molecule has 4 nitrogen and oxygen atoms in total. The highest BCUT2D eigenvalue weighted by atomic mass is 35.5. The van der Waals surface area contributed by atoms with Gasteiger partial charge in [0, 0.05) is 23.0 Å². The minimum Gasteiger partial charge on any atom is -0.488 e. The largest absolute Gasteiger partial charge is 0.488 e. The van der Waals surface area contributed by atoms with Crippen LogP contribution in [0.3, 0.4) is 0 Å². The second kappa shape index (κ2) is 6.20. The molecule has 0 bridgehead atoms. The molecule has 1 amide bonds. The lowest BCUT2D eigenvalue weighted by Gasteiger charge is -2.20. The zero-order valence-corrected chi connectivity index (χ0v) is 12.8. The third kappa shape index (κ3) is 3.12. The Morgan fingerprint density at radius 1 is 1.32 bits per heavy atom. The van der Waals surface area contributed by atoms with E-state index in [1.807, 2.05) is 31.2 Å². The number of nitrogens with one attached hydrogen (secondary N) is 1. The van der Waals surface area contributed by atoms with Gasteiger partial charge in [0.15, 0.2) is 0 Å². The summed E-state index contributed by atoms with van der Waals surface area (Å²) in [5.74, 6) is 0.595. The highest BCUT2D eigenvalue weighted by Crippen LogP contribution is 2.29. The third-order valence-corrected chi connectivity index (χ3v) is 3.77. The molecule has 0 saturated carbocycles. The maximum atomic E-state index is 12.4. The lowest BCUT2D eigenvalue weighted by atomic mass is 10.1. The molecule has 112 valence electrons. The summed E-state index contributed by atoms with van der Waals surface area (Å²) in [6, 6.07) is 9.03. The molecule has 1 aliphatic heterocycles. The van der Waals surface area contributed by atoms with E-state index in [2.05, 4.69) is 10.3 Å². The van der Waals surface area contributed by atoms with E-state index in [0.29, 0.717) is 10.6 Å². The zero-order valence-electron chi connectivity index (χ0n) is 12.0. The van der Waals surface area contributed by atoms with Crippen LogP contribution in [0.25, 0.3) is 6.08 Å². The van der Waals surface area contributed by atoms with Gasteiger partial charge < -0.3 is 10.1 Å². The Kier molecular flexibility index (Phi) is 4.11. The number of halogens is 1. The van der Waals surface area contributed by atoms with Crippen molar-refractivity contribution in [1.82, 2.24) is 10.3 Å². The topological polar surface area (TPSA) is 51.2 Å². The van der Waals surface area contributed by atoms with Gasteiger partial charge in [0.1, 0.15) is 12.4 Å². The van der Waals surface area contributed by atoms with Crippen molar-refractivity contribution in [2.75, 3.05) is 6.61 Å². The van der Waals surface area contributed by atoms with Gasteiger partial charge in [-0.3, -0.25) is 9.78 Å². The fraction of sp³-hybridized carbons (Fsp3) is 0.176. The van der Waals surface area contributed by atoms with Gasteiger partial charge >= 0.3 is 0 Å². The van der Waals surface area contributed by atoms with E-state index in [-0.39, 0.29) is 18.6 Å². The number of ether oxygens (including phenoxy) is 1. The number of hydrogen-bond acceptors (Lipinski definition) is 3. The third-order valence-electron chi connectivity index (χ3n) is 3.53. The number of rotatable bonds is 3. The van der Waals surface area contributed by atoms with Crippen LogP contribution < -0.4 is 10.1 Å². The summed E-state index contributed by atoms with van der Waals surface area (Å²) in [6.45, 7) is 2.19. The highest BCUT2D eigenvalue weighted by Gasteiger charge is 2.19. The van der Waals surface area contributed by atoms with E-state index in [1.54, 1.807) is 24.5 Å². The Labute approximate surface area is 133 Å². The Morgan fingerprint density at radius 3 is 2.86 bits per heavy atom. The SMILES string of the molecule is CC(NC(=O)C1=Cc2cc(Cl)ccc2OC1)c1ccncc1. The Bertz CT molecular complexity index is 729. The molecule has 2 aromatic rings. The van der Waals surface area contributed by atoms with Crippen LogP contribution in [-0.2, 0) is 4.79 Å². The van der Waals surface area contributed by atoms with Crippen LogP contribution >= 0.6 is 11.6 Å². The lowest BCUT2D eigenvalue weighted by Crippen LogP contribution is -2.30. The van der Waals surface area contributed by atoms with Crippen LogP contribution in [0.2, 0.25) is 5.02 Å². The molecule has 0 fully saturated rings. The molecule has 1 aromatic heterocycles. The van der Waals surface area contributed by atoms with Crippen molar-refractivity contribution in [2.24, 2.45) is 0 Å². The minimum atomic E-state index is -0.144. The van der Waals surface area contributed by atoms with Gasteiger partial charge in [-0.1, -0.05) is 11.6 Å². The van der Waals surface area contributed by atoms with Crippen LogP contribution in [0.15, 0.2) is 48.3 Å². The predicted molar refractivity (Wildman–Crippen MR) is 85.7 cm³/mol. The van der Waals surface area contributed by atoms with E-state index < -0.39 is 0 Å². The molecular formula is C17H15ClN2O2. The molecule has 5 heteroatoms. The smallest absolute Gasteiger partial charge is 0.251 e. The molecule has 0 saturated heterocycles. The number of pyridine rings is 1. The summed E-state index contributed by atoms with van der Waals surface area (Å²) >= 11 is 5.98. The van der Waals surface area contributed by atoms with Gasteiger partial charge in [-0.05, 0) is 48.9 Å². The Morgan fingerprint density at radius 2 is 2.09 bits per heavy atom. The molecule has 22 heavy (non-hydrogen) atoms. The number of carbonyl (C=O) groups is 1. The van der Waals surface area contributed by atoms with E-state index in [1.165, 1.54) is 0 Å². The maximum Gasteiger partial charge on any atom is 0.251 e. The maximum absolute atomic E-state index is 12.4. The number of nitrogens with zero attached hydrogens (tertiary/aromatic N) is 1. The van der Waals surface area contributed by atoms with E-state index >= 15 is 0 Å². The summed E-state index contributed by atoms with van der Waals surface area (Å²) in [7, 11) is 0. The van der Waals surface area contributed by atoms with Crippen LogP contribution in [0.1, 0.15) is 24.1 Å². The predicted octanol–water partition coefficient (Wildman–Crippen LogP) is 3.39. The van der Waals surface area contributed by atoms with Gasteiger partial charge in [0.2, 0.25) is 0 Å². The van der Waals surface area contributed by atoms with Gasteiger partial charge in [0.25, 0.3) is 5.91 Å². The highest BCUT2D eigenvalue weighted by molar-refractivity contribution is 6.30. The molecule has 3 rings (SSSR count). The molecule has 0 aliphatic carbocycles. The van der Waals surface area contributed by atoms with Crippen molar-refractivity contribution in [2.45, 2.75) is 13.0 Å². The second-order valence-corrected chi connectivity index (χ2v) is 5.55. The number of fused-ring (bicyclic) bond motifs is 1. The summed E-state index contributed by atoms with van der Waals surface area (Å²) in [4.78, 5) is 16.3. The Hall–Kier alpha value is -2.33. The fourth-order valence-electron chi connectivity index (χ4n) is 2.30. The van der Waals surface area contributed by atoms with Crippen molar-refractivity contribution in [3.8, 4) is 5.75 Å². The number of carbonyl (C=O) groups excluding carboxylic acids is 1. The Balaban J connectivity index is 1.76.